The summed E-state index contributed by atoms with van der Waals surface area (Å²) in [7, 11) is 2.94. The summed E-state index contributed by atoms with van der Waals surface area (Å²) in [4.78, 5) is 25.9. The van der Waals surface area contributed by atoms with Crippen molar-refractivity contribution in [3.8, 4) is 5.75 Å². The van der Waals surface area contributed by atoms with Gasteiger partial charge in [-0.05, 0) is 42.2 Å². The van der Waals surface area contributed by atoms with Crippen LogP contribution >= 0.6 is 0 Å². The number of benzene rings is 2. The summed E-state index contributed by atoms with van der Waals surface area (Å²) in [5.74, 6) is -0.946. The molecule has 150 valence electrons. The minimum Gasteiger partial charge on any atom is -0.497 e. The third-order valence-electron chi connectivity index (χ3n) is 5.65. The van der Waals surface area contributed by atoms with Gasteiger partial charge in [-0.1, -0.05) is 31.2 Å². The van der Waals surface area contributed by atoms with Gasteiger partial charge in [-0.25, -0.2) is 0 Å². The van der Waals surface area contributed by atoms with Gasteiger partial charge in [0.25, 0.3) is 0 Å². The first-order chi connectivity index (χ1) is 14.0. The normalized spacial score (nSPS) is 23.1. The van der Waals surface area contributed by atoms with Crippen LogP contribution in [0.3, 0.4) is 0 Å². The smallest absolute Gasteiger partial charge is 0.316 e. The van der Waals surface area contributed by atoms with Crippen molar-refractivity contribution in [2.45, 2.75) is 19.4 Å². The van der Waals surface area contributed by atoms with Gasteiger partial charge in [0, 0.05) is 11.3 Å². The summed E-state index contributed by atoms with van der Waals surface area (Å²) in [6.45, 7) is 1.91. The zero-order valence-corrected chi connectivity index (χ0v) is 16.7. The molecule has 1 heterocycles. The number of allylic oxidation sites excluding steroid dienone is 1. The Hall–Kier alpha value is -3.28. The van der Waals surface area contributed by atoms with Crippen molar-refractivity contribution >= 4 is 23.1 Å². The summed E-state index contributed by atoms with van der Waals surface area (Å²) in [5.41, 5.74) is 4.10. The SMILES string of the molecule is COC(=O)[C@H]1C(=O)C2=C(C[C@H]1C)Nc1ccccc1N[C@@H]2c1cccc(OC)c1. The molecular weight excluding hydrogens is 368 g/mol. The molecule has 3 atom stereocenters. The number of nitrogens with one attached hydrogen (secondary N) is 2. The molecule has 1 aliphatic carbocycles. The zero-order chi connectivity index (χ0) is 20.5. The first kappa shape index (κ1) is 19.1. The lowest BCUT2D eigenvalue weighted by atomic mass is 9.75. The molecule has 6 nitrogen and oxygen atoms in total. The minimum absolute atomic E-state index is 0.155. The molecule has 2 N–H and O–H groups in total. The molecule has 0 saturated heterocycles. The van der Waals surface area contributed by atoms with E-state index >= 15 is 0 Å². The fourth-order valence-corrected chi connectivity index (χ4v) is 4.20. The lowest BCUT2D eigenvalue weighted by Crippen LogP contribution is -2.39. The van der Waals surface area contributed by atoms with Crippen molar-refractivity contribution in [1.82, 2.24) is 0 Å². The minimum atomic E-state index is -0.809. The summed E-state index contributed by atoms with van der Waals surface area (Å²) < 4.78 is 10.3. The predicted molar refractivity (Wildman–Crippen MR) is 111 cm³/mol. The van der Waals surface area contributed by atoms with Gasteiger partial charge in [0.05, 0.1) is 31.6 Å². The first-order valence-corrected chi connectivity index (χ1v) is 9.65. The molecule has 1 aliphatic heterocycles. The van der Waals surface area contributed by atoms with Gasteiger partial charge in [-0.15, -0.1) is 0 Å². The Bertz CT molecular complexity index is 998. The largest absolute Gasteiger partial charge is 0.497 e. The highest BCUT2D eigenvalue weighted by Crippen LogP contribution is 2.44. The standard InChI is InChI=1S/C23H24N2O4/c1-13-11-18-20(22(26)19(13)23(27)29-3)21(14-7-6-8-15(12-14)28-2)25-17-10-5-4-9-16(17)24-18/h4-10,12-13,19,21,24-25H,11H2,1-3H3/t13-,19-,21-/m1/s1. The molecule has 4 rings (SSSR count). The zero-order valence-electron chi connectivity index (χ0n) is 16.7. The molecule has 6 heteroatoms. The molecule has 2 aromatic carbocycles. The summed E-state index contributed by atoms with van der Waals surface area (Å²) in [6.07, 6.45) is 0.581. The van der Waals surface area contributed by atoms with Gasteiger partial charge in [0.15, 0.2) is 5.78 Å². The molecule has 0 fully saturated rings. The number of carbonyl (C=O) groups excluding carboxylic acids is 2. The van der Waals surface area contributed by atoms with Crippen LogP contribution in [0.2, 0.25) is 0 Å². The molecule has 2 aliphatic rings. The van der Waals surface area contributed by atoms with E-state index in [2.05, 4.69) is 10.6 Å². The molecule has 0 unspecified atom stereocenters. The number of methoxy groups -OCH3 is 2. The van der Waals surface area contributed by atoms with Crippen LogP contribution in [0.15, 0.2) is 59.8 Å². The Morgan fingerprint density at radius 3 is 2.55 bits per heavy atom. The second-order valence-corrected chi connectivity index (χ2v) is 7.46. The summed E-state index contributed by atoms with van der Waals surface area (Å²) in [5, 5.41) is 6.94. The molecule has 2 aromatic rings. The van der Waals surface area contributed by atoms with Crippen LogP contribution < -0.4 is 15.4 Å². The Balaban J connectivity index is 1.87. The number of anilines is 2. The van der Waals surface area contributed by atoms with E-state index in [4.69, 9.17) is 9.47 Å². The van der Waals surface area contributed by atoms with E-state index in [0.29, 0.717) is 17.7 Å². The molecular formula is C23H24N2O4. The third kappa shape index (κ3) is 3.35. The van der Waals surface area contributed by atoms with Crippen molar-refractivity contribution in [3.05, 3.63) is 65.4 Å². The Kier molecular flexibility index (Phi) is 5.01. The average molecular weight is 392 g/mol. The van der Waals surface area contributed by atoms with Crippen LogP contribution in [-0.2, 0) is 14.3 Å². The van der Waals surface area contributed by atoms with Gasteiger partial charge in [0.1, 0.15) is 11.7 Å². The van der Waals surface area contributed by atoms with E-state index in [9.17, 15) is 9.59 Å². The fraction of sp³-hybridized carbons (Fsp3) is 0.304. The van der Waals surface area contributed by atoms with E-state index in [1.54, 1.807) is 7.11 Å². The third-order valence-corrected chi connectivity index (χ3v) is 5.65. The molecule has 0 saturated carbocycles. The van der Waals surface area contributed by atoms with Crippen LogP contribution in [0.4, 0.5) is 11.4 Å². The maximum Gasteiger partial charge on any atom is 0.316 e. The van der Waals surface area contributed by atoms with Crippen LogP contribution in [0, 0.1) is 11.8 Å². The number of hydrogen-bond acceptors (Lipinski definition) is 6. The topological polar surface area (TPSA) is 76.7 Å². The summed E-state index contributed by atoms with van der Waals surface area (Å²) in [6, 6.07) is 15.1. The second kappa shape index (κ2) is 7.62. The number of esters is 1. The maximum absolute atomic E-state index is 13.5. The van der Waals surface area contributed by atoms with E-state index in [1.807, 2.05) is 55.5 Å². The molecule has 0 aromatic heterocycles. The molecule has 0 spiro atoms. The highest BCUT2D eigenvalue weighted by molar-refractivity contribution is 6.11. The number of fused-ring (bicyclic) bond motifs is 1. The monoisotopic (exact) mass is 392 g/mol. The number of ether oxygens (including phenoxy) is 2. The van der Waals surface area contributed by atoms with Gasteiger partial charge >= 0.3 is 5.97 Å². The number of hydrogen-bond donors (Lipinski definition) is 2. The molecule has 29 heavy (non-hydrogen) atoms. The Labute approximate surface area is 169 Å². The van der Waals surface area contributed by atoms with Crippen LogP contribution in [0.1, 0.15) is 24.9 Å². The van der Waals surface area contributed by atoms with Gasteiger partial charge in [-0.2, -0.15) is 0 Å². The maximum atomic E-state index is 13.5. The van der Waals surface area contributed by atoms with Crippen molar-refractivity contribution in [2.75, 3.05) is 24.9 Å². The van der Waals surface area contributed by atoms with Crippen LogP contribution in [-0.4, -0.2) is 26.0 Å². The van der Waals surface area contributed by atoms with Crippen LogP contribution in [0.5, 0.6) is 5.75 Å². The van der Waals surface area contributed by atoms with Crippen molar-refractivity contribution in [1.29, 1.82) is 0 Å². The van der Waals surface area contributed by atoms with E-state index in [0.717, 1.165) is 22.6 Å². The lowest BCUT2D eigenvalue weighted by Gasteiger charge is -2.32. The predicted octanol–water partition coefficient (Wildman–Crippen LogP) is 3.93. The number of rotatable bonds is 3. The molecule has 0 amide bonds. The lowest BCUT2D eigenvalue weighted by molar-refractivity contribution is -0.151. The highest BCUT2D eigenvalue weighted by Gasteiger charge is 2.44. The number of Topliss-reactive ketones (excluding diaryl/α,β-unsaturated/α-hetero) is 1. The van der Waals surface area contributed by atoms with Crippen LogP contribution in [0.25, 0.3) is 0 Å². The van der Waals surface area contributed by atoms with Crippen molar-refractivity contribution < 1.29 is 19.1 Å². The Morgan fingerprint density at radius 1 is 1.07 bits per heavy atom. The average Bonchev–Trinajstić information content (AvgIpc) is 2.90. The summed E-state index contributed by atoms with van der Waals surface area (Å²) >= 11 is 0. The van der Waals surface area contributed by atoms with Crippen molar-refractivity contribution in [2.24, 2.45) is 11.8 Å². The fourth-order valence-electron chi connectivity index (χ4n) is 4.20. The molecule has 0 radical (unpaired) electrons. The number of ketones is 1. The van der Waals surface area contributed by atoms with Gasteiger partial charge < -0.3 is 20.1 Å². The van der Waals surface area contributed by atoms with E-state index in [1.165, 1.54) is 7.11 Å². The van der Waals surface area contributed by atoms with Gasteiger partial charge in [0.2, 0.25) is 0 Å². The number of carbonyl (C=O) groups is 2. The van der Waals surface area contributed by atoms with E-state index in [-0.39, 0.29) is 11.7 Å². The first-order valence-electron chi connectivity index (χ1n) is 9.65. The quantitative estimate of drug-likeness (QED) is 0.609. The van der Waals surface area contributed by atoms with Crippen molar-refractivity contribution in [3.63, 3.8) is 0 Å². The number of para-hydroxylation sites is 2. The molecule has 0 bridgehead atoms. The van der Waals surface area contributed by atoms with Gasteiger partial charge in [-0.3, -0.25) is 9.59 Å². The highest BCUT2D eigenvalue weighted by atomic mass is 16.5. The Morgan fingerprint density at radius 2 is 1.83 bits per heavy atom. The second-order valence-electron chi connectivity index (χ2n) is 7.46. The van der Waals surface area contributed by atoms with E-state index < -0.39 is 17.9 Å².